The van der Waals surface area contributed by atoms with Crippen molar-refractivity contribution in [3.63, 3.8) is 0 Å². The number of amides is 1. The molecule has 1 fully saturated rings. The number of ether oxygens (including phenoxy) is 1. The van der Waals surface area contributed by atoms with E-state index in [1.165, 1.54) is 55.6 Å². The van der Waals surface area contributed by atoms with Crippen LogP contribution in [0.3, 0.4) is 0 Å². The lowest BCUT2D eigenvalue weighted by molar-refractivity contribution is -0.129. The van der Waals surface area contributed by atoms with Crippen molar-refractivity contribution in [3.05, 3.63) is 84.7 Å². The molecule has 0 atom stereocenters. The largest absolute Gasteiger partial charge is 0.497 e. The summed E-state index contributed by atoms with van der Waals surface area (Å²) in [6, 6.07) is 21.2. The molecule has 3 aromatic carbocycles. The van der Waals surface area contributed by atoms with Crippen molar-refractivity contribution in [1.82, 2.24) is 4.90 Å². The molecule has 178 valence electrons. The maximum absolute atomic E-state index is 14.7. The monoisotopic (exact) mass is 483 g/mol. The number of hydrogen-bond donors (Lipinski definition) is 0. The number of nitrogens with zero attached hydrogens (tertiary/aromatic N) is 3. The minimum absolute atomic E-state index is 0.0572. The Bertz CT molecular complexity index is 1230. The Morgan fingerprint density at radius 3 is 2.15 bits per heavy atom. The smallest absolute Gasteiger partial charge is 0.264 e. The summed E-state index contributed by atoms with van der Waals surface area (Å²) in [5.41, 5.74) is 0.902. The molecule has 7 nitrogen and oxygen atoms in total. The second-order valence-corrected chi connectivity index (χ2v) is 9.70. The average Bonchev–Trinajstić information content (AvgIpc) is 2.88. The van der Waals surface area contributed by atoms with Crippen LogP contribution >= 0.6 is 0 Å². The van der Waals surface area contributed by atoms with Gasteiger partial charge in [0.1, 0.15) is 18.1 Å². The molecule has 9 heteroatoms. The van der Waals surface area contributed by atoms with Crippen LogP contribution in [0, 0.1) is 5.82 Å². The van der Waals surface area contributed by atoms with Crippen LogP contribution in [0.1, 0.15) is 0 Å². The van der Waals surface area contributed by atoms with E-state index in [1.807, 2.05) is 30.3 Å². The first kappa shape index (κ1) is 23.6. The van der Waals surface area contributed by atoms with Gasteiger partial charge in [-0.15, -0.1) is 0 Å². The number of benzene rings is 3. The Balaban J connectivity index is 1.55. The van der Waals surface area contributed by atoms with Gasteiger partial charge in [0.25, 0.3) is 10.0 Å². The Kier molecular flexibility index (Phi) is 7.02. The summed E-state index contributed by atoms with van der Waals surface area (Å²) >= 11 is 0. The fraction of sp³-hybridized carbons (Fsp3) is 0.240. The molecular formula is C25H26FN3O4S. The topological polar surface area (TPSA) is 70.2 Å². The van der Waals surface area contributed by atoms with Crippen LogP contribution in [-0.4, -0.2) is 59.1 Å². The minimum atomic E-state index is -4.21. The van der Waals surface area contributed by atoms with Crippen molar-refractivity contribution in [1.29, 1.82) is 0 Å². The SMILES string of the molecule is COc1ccc(S(=O)(=O)N(CC(=O)N2CCN(c3ccccc3)CC2)c2ccccc2F)cc1. The molecule has 3 aromatic rings. The highest BCUT2D eigenvalue weighted by atomic mass is 32.2. The number of piperazine rings is 1. The molecule has 0 aliphatic carbocycles. The first-order valence-electron chi connectivity index (χ1n) is 10.9. The van der Waals surface area contributed by atoms with Gasteiger partial charge in [0.15, 0.2) is 0 Å². The first-order chi connectivity index (χ1) is 16.4. The summed E-state index contributed by atoms with van der Waals surface area (Å²) in [6.45, 7) is 1.64. The van der Waals surface area contributed by atoms with E-state index in [4.69, 9.17) is 4.74 Å². The predicted octanol–water partition coefficient (Wildman–Crippen LogP) is 3.38. The van der Waals surface area contributed by atoms with E-state index in [2.05, 4.69) is 4.90 Å². The summed E-state index contributed by atoms with van der Waals surface area (Å²) in [6.07, 6.45) is 0. The van der Waals surface area contributed by atoms with Gasteiger partial charge in [-0.25, -0.2) is 12.8 Å². The van der Waals surface area contributed by atoms with E-state index in [-0.39, 0.29) is 16.5 Å². The van der Waals surface area contributed by atoms with Gasteiger partial charge in [0.2, 0.25) is 5.91 Å². The molecule has 0 spiro atoms. The quantitative estimate of drug-likeness (QED) is 0.515. The molecule has 0 bridgehead atoms. The number of sulfonamides is 1. The highest BCUT2D eigenvalue weighted by molar-refractivity contribution is 7.92. The van der Waals surface area contributed by atoms with Crippen molar-refractivity contribution in [2.24, 2.45) is 0 Å². The molecule has 1 heterocycles. The van der Waals surface area contributed by atoms with Crippen LogP contribution in [0.25, 0.3) is 0 Å². The van der Waals surface area contributed by atoms with Crippen LogP contribution in [0.2, 0.25) is 0 Å². The van der Waals surface area contributed by atoms with Crippen LogP contribution in [0.15, 0.2) is 83.8 Å². The third-order valence-electron chi connectivity index (χ3n) is 5.80. The fourth-order valence-electron chi connectivity index (χ4n) is 3.90. The molecule has 1 saturated heterocycles. The van der Waals surface area contributed by atoms with Crippen molar-refractivity contribution in [2.75, 3.05) is 49.0 Å². The van der Waals surface area contributed by atoms with E-state index in [0.717, 1.165) is 9.99 Å². The molecule has 34 heavy (non-hydrogen) atoms. The number of carbonyl (C=O) groups is 1. The fourth-order valence-corrected chi connectivity index (χ4v) is 5.33. The van der Waals surface area contributed by atoms with Gasteiger partial charge in [-0.05, 0) is 48.5 Å². The van der Waals surface area contributed by atoms with Gasteiger partial charge in [-0.2, -0.15) is 0 Å². The highest BCUT2D eigenvalue weighted by Crippen LogP contribution is 2.27. The number of carbonyl (C=O) groups excluding carboxylic acids is 1. The number of halogens is 1. The van der Waals surface area contributed by atoms with E-state index in [1.54, 1.807) is 4.90 Å². The van der Waals surface area contributed by atoms with E-state index < -0.39 is 22.4 Å². The second kappa shape index (κ2) is 10.1. The molecule has 1 amide bonds. The highest BCUT2D eigenvalue weighted by Gasteiger charge is 2.31. The molecule has 4 rings (SSSR count). The van der Waals surface area contributed by atoms with Crippen molar-refractivity contribution < 1.29 is 22.3 Å². The number of rotatable bonds is 7. The third kappa shape index (κ3) is 4.99. The maximum atomic E-state index is 14.7. The normalized spacial score (nSPS) is 14.1. The zero-order chi connectivity index (χ0) is 24.1. The Hall–Kier alpha value is -3.59. The van der Waals surface area contributed by atoms with Gasteiger partial charge in [0, 0.05) is 31.9 Å². The lowest BCUT2D eigenvalue weighted by atomic mass is 10.2. The molecular weight excluding hydrogens is 457 g/mol. The van der Waals surface area contributed by atoms with E-state index >= 15 is 0 Å². The van der Waals surface area contributed by atoms with Crippen LogP contribution in [-0.2, 0) is 14.8 Å². The maximum Gasteiger partial charge on any atom is 0.264 e. The standard InChI is InChI=1S/C25H26FN3O4S/c1-33-21-11-13-22(14-12-21)34(31,32)29(24-10-6-5-9-23(24)26)19-25(30)28-17-15-27(16-18-28)20-7-3-2-4-8-20/h2-14H,15-19H2,1H3. The van der Waals surface area contributed by atoms with E-state index in [9.17, 15) is 17.6 Å². The van der Waals surface area contributed by atoms with Gasteiger partial charge in [-0.1, -0.05) is 30.3 Å². The summed E-state index contributed by atoms with van der Waals surface area (Å²) in [5.74, 6) is -0.613. The number of para-hydroxylation sites is 2. The van der Waals surface area contributed by atoms with Gasteiger partial charge in [-0.3, -0.25) is 9.10 Å². The summed E-state index contributed by atoms with van der Waals surface area (Å²) in [7, 11) is -2.73. The van der Waals surface area contributed by atoms with Gasteiger partial charge in [0.05, 0.1) is 17.7 Å². The minimum Gasteiger partial charge on any atom is -0.497 e. The molecule has 1 aliphatic rings. The Labute approximate surface area is 199 Å². The molecule has 0 aromatic heterocycles. The molecule has 1 aliphatic heterocycles. The molecule has 0 N–H and O–H groups in total. The molecule has 0 unspecified atom stereocenters. The number of methoxy groups -OCH3 is 1. The van der Waals surface area contributed by atoms with Gasteiger partial charge >= 0.3 is 0 Å². The first-order valence-corrected chi connectivity index (χ1v) is 12.3. The number of anilines is 2. The van der Waals surface area contributed by atoms with Crippen LogP contribution in [0.4, 0.5) is 15.8 Å². The zero-order valence-corrected chi connectivity index (χ0v) is 19.6. The molecule has 0 radical (unpaired) electrons. The zero-order valence-electron chi connectivity index (χ0n) is 18.8. The predicted molar refractivity (Wildman–Crippen MR) is 129 cm³/mol. The van der Waals surface area contributed by atoms with Crippen molar-refractivity contribution in [3.8, 4) is 5.75 Å². The number of hydrogen-bond acceptors (Lipinski definition) is 5. The van der Waals surface area contributed by atoms with Crippen molar-refractivity contribution >= 4 is 27.3 Å². The molecule has 0 saturated carbocycles. The van der Waals surface area contributed by atoms with Crippen LogP contribution < -0.4 is 13.9 Å². The third-order valence-corrected chi connectivity index (χ3v) is 7.58. The second-order valence-electron chi connectivity index (χ2n) is 7.84. The summed E-state index contributed by atoms with van der Waals surface area (Å²) < 4.78 is 47.6. The summed E-state index contributed by atoms with van der Waals surface area (Å²) in [5, 5.41) is 0. The lowest BCUT2D eigenvalue weighted by Crippen LogP contribution is -2.52. The van der Waals surface area contributed by atoms with E-state index in [0.29, 0.717) is 31.9 Å². The van der Waals surface area contributed by atoms with Gasteiger partial charge < -0.3 is 14.5 Å². The summed E-state index contributed by atoms with van der Waals surface area (Å²) in [4.78, 5) is 16.9. The van der Waals surface area contributed by atoms with Crippen molar-refractivity contribution in [2.45, 2.75) is 4.90 Å². The van der Waals surface area contributed by atoms with Crippen LogP contribution in [0.5, 0.6) is 5.75 Å². The Morgan fingerprint density at radius 1 is 0.912 bits per heavy atom. The average molecular weight is 484 g/mol. The Morgan fingerprint density at radius 2 is 1.53 bits per heavy atom. The lowest BCUT2D eigenvalue weighted by Gasteiger charge is -2.37.